The van der Waals surface area contributed by atoms with Crippen LogP contribution in [0.2, 0.25) is 0 Å². The molecule has 14 heavy (non-hydrogen) atoms. The van der Waals surface area contributed by atoms with Crippen molar-refractivity contribution in [1.82, 2.24) is 4.72 Å². The van der Waals surface area contributed by atoms with Crippen molar-refractivity contribution in [3.63, 3.8) is 0 Å². The maximum atomic E-state index is 11.2. The Morgan fingerprint density at radius 2 is 2.14 bits per heavy atom. The minimum absolute atomic E-state index is 0.241. The number of nitrogens with two attached hydrogens (primary N) is 1. The van der Waals surface area contributed by atoms with E-state index in [4.69, 9.17) is 5.73 Å². The lowest BCUT2D eigenvalue weighted by atomic mass is 10.1. The fraction of sp³-hybridized carbons (Fsp3) is 0.125. The monoisotopic (exact) mass is 214 g/mol. The van der Waals surface area contributed by atoms with Crippen molar-refractivity contribution in [3.8, 4) is 0 Å². The highest BCUT2D eigenvalue weighted by molar-refractivity contribution is 8.23. The molecule has 1 heterocycles. The number of carbonyl (C=O) groups excluding carboxylic acids is 1. The SMILES string of the molecule is NCc1ccc2c(c1)S(O)(O)NC2=O. The van der Waals surface area contributed by atoms with Crippen molar-refractivity contribution in [2.75, 3.05) is 0 Å². The molecule has 5 nitrogen and oxygen atoms in total. The minimum atomic E-state index is -3.14. The zero-order chi connectivity index (χ0) is 10.3. The van der Waals surface area contributed by atoms with E-state index in [2.05, 4.69) is 4.72 Å². The van der Waals surface area contributed by atoms with Gasteiger partial charge in [-0.15, -0.1) is 0 Å². The average molecular weight is 214 g/mol. The highest BCUT2D eigenvalue weighted by Gasteiger charge is 2.32. The Balaban J connectivity index is 2.59. The Morgan fingerprint density at radius 1 is 1.43 bits per heavy atom. The molecule has 6 heteroatoms. The predicted octanol–water partition coefficient (Wildman–Crippen LogP) is 0.913. The summed E-state index contributed by atoms with van der Waals surface area (Å²) >= 11 is 0. The maximum absolute atomic E-state index is 11.2. The molecule has 0 fully saturated rings. The van der Waals surface area contributed by atoms with Gasteiger partial charge in [0, 0.05) is 6.54 Å². The Hall–Kier alpha value is -1.08. The minimum Gasteiger partial charge on any atom is -0.326 e. The third kappa shape index (κ3) is 1.28. The summed E-state index contributed by atoms with van der Waals surface area (Å²) < 4.78 is 21.1. The molecule has 0 atom stereocenters. The Morgan fingerprint density at radius 3 is 2.79 bits per heavy atom. The van der Waals surface area contributed by atoms with E-state index in [0.717, 1.165) is 5.56 Å². The second kappa shape index (κ2) is 2.96. The molecule has 2 rings (SSSR count). The third-order valence-corrected chi connectivity index (χ3v) is 3.49. The van der Waals surface area contributed by atoms with Gasteiger partial charge in [0.05, 0.1) is 10.5 Å². The molecular formula is C8H10N2O3S. The number of benzene rings is 1. The zero-order valence-electron chi connectivity index (χ0n) is 7.23. The number of carbonyl (C=O) groups is 1. The molecule has 1 aliphatic heterocycles. The van der Waals surface area contributed by atoms with Crippen molar-refractivity contribution in [1.29, 1.82) is 0 Å². The van der Waals surface area contributed by atoms with Crippen molar-refractivity contribution in [2.24, 2.45) is 5.73 Å². The van der Waals surface area contributed by atoms with Gasteiger partial charge in [0.25, 0.3) is 5.91 Å². The molecule has 1 amide bonds. The van der Waals surface area contributed by atoms with Crippen molar-refractivity contribution >= 4 is 16.7 Å². The molecule has 0 unspecified atom stereocenters. The van der Waals surface area contributed by atoms with Gasteiger partial charge in [0.15, 0.2) is 0 Å². The second-order valence-electron chi connectivity index (χ2n) is 3.01. The zero-order valence-corrected chi connectivity index (χ0v) is 8.04. The molecule has 1 aromatic rings. The molecule has 0 saturated heterocycles. The molecule has 1 aliphatic rings. The van der Waals surface area contributed by atoms with Gasteiger partial charge in [-0.3, -0.25) is 13.9 Å². The molecule has 0 bridgehead atoms. The van der Waals surface area contributed by atoms with Crippen molar-refractivity contribution in [3.05, 3.63) is 29.3 Å². The van der Waals surface area contributed by atoms with Crippen LogP contribution in [0.3, 0.4) is 0 Å². The van der Waals surface area contributed by atoms with Crippen LogP contribution in [0, 0.1) is 0 Å². The summed E-state index contributed by atoms with van der Waals surface area (Å²) in [7, 11) is -3.14. The summed E-state index contributed by atoms with van der Waals surface area (Å²) in [6.07, 6.45) is 0. The van der Waals surface area contributed by atoms with E-state index >= 15 is 0 Å². The molecule has 0 radical (unpaired) electrons. The third-order valence-electron chi connectivity index (χ3n) is 2.07. The van der Waals surface area contributed by atoms with E-state index < -0.39 is 16.7 Å². The van der Waals surface area contributed by atoms with Gasteiger partial charge in [0.2, 0.25) is 0 Å². The molecule has 0 aliphatic carbocycles. The summed E-state index contributed by atoms with van der Waals surface area (Å²) in [5.74, 6) is -0.455. The average Bonchev–Trinajstić information content (AvgIpc) is 2.37. The fourth-order valence-electron chi connectivity index (χ4n) is 1.36. The summed E-state index contributed by atoms with van der Waals surface area (Å²) in [5, 5.41) is 0. The maximum Gasteiger partial charge on any atom is 0.271 e. The van der Waals surface area contributed by atoms with Crippen LogP contribution in [-0.4, -0.2) is 15.0 Å². The topological polar surface area (TPSA) is 95.6 Å². The van der Waals surface area contributed by atoms with Crippen LogP contribution in [0.1, 0.15) is 15.9 Å². The van der Waals surface area contributed by atoms with Gasteiger partial charge >= 0.3 is 0 Å². The first-order valence-corrected chi connectivity index (χ1v) is 5.52. The normalized spacial score (nSPS) is 20.1. The van der Waals surface area contributed by atoms with Gasteiger partial charge in [-0.05, 0) is 17.7 Å². The van der Waals surface area contributed by atoms with Crippen LogP contribution in [0.25, 0.3) is 0 Å². The Bertz CT molecular complexity index is 406. The lowest BCUT2D eigenvalue weighted by molar-refractivity contribution is 0.0983. The van der Waals surface area contributed by atoms with E-state index in [1.165, 1.54) is 0 Å². The molecular weight excluding hydrogens is 204 g/mol. The van der Waals surface area contributed by atoms with Crippen LogP contribution in [0.5, 0.6) is 0 Å². The standard InChI is InChI=1S/C8H10N2O3S/c9-4-5-1-2-6-7(3-5)14(12,13)10-8(6)11/h1-3,12-13H,4,9H2,(H,10,11). The van der Waals surface area contributed by atoms with Gasteiger partial charge in [-0.1, -0.05) is 16.8 Å². The summed E-state index contributed by atoms with van der Waals surface area (Å²) in [6, 6.07) is 4.79. The molecule has 76 valence electrons. The number of nitrogens with one attached hydrogen (secondary N) is 1. The molecule has 0 aromatic heterocycles. The van der Waals surface area contributed by atoms with Crippen LogP contribution >= 0.6 is 10.8 Å². The number of hydrogen-bond donors (Lipinski definition) is 4. The number of hydrogen-bond acceptors (Lipinski definition) is 4. The van der Waals surface area contributed by atoms with Crippen LogP contribution in [0.15, 0.2) is 23.1 Å². The van der Waals surface area contributed by atoms with Crippen molar-refractivity contribution in [2.45, 2.75) is 11.4 Å². The lowest BCUT2D eigenvalue weighted by Gasteiger charge is -2.26. The number of fused-ring (bicyclic) bond motifs is 1. The smallest absolute Gasteiger partial charge is 0.271 e. The lowest BCUT2D eigenvalue weighted by Crippen LogP contribution is -2.17. The van der Waals surface area contributed by atoms with E-state index in [0.29, 0.717) is 12.1 Å². The van der Waals surface area contributed by atoms with E-state index in [9.17, 15) is 13.9 Å². The molecule has 0 spiro atoms. The molecule has 5 N–H and O–H groups in total. The number of rotatable bonds is 1. The van der Waals surface area contributed by atoms with Crippen molar-refractivity contribution < 1.29 is 13.9 Å². The Labute approximate surface area is 82.4 Å². The van der Waals surface area contributed by atoms with Crippen LogP contribution in [-0.2, 0) is 6.54 Å². The summed E-state index contributed by atoms with van der Waals surface area (Å²) in [6.45, 7) is 0.303. The first-order valence-electron chi connectivity index (χ1n) is 3.98. The van der Waals surface area contributed by atoms with Gasteiger partial charge in [-0.2, -0.15) is 0 Å². The first-order chi connectivity index (χ1) is 6.54. The van der Waals surface area contributed by atoms with Gasteiger partial charge in [0.1, 0.15) is 0 Å². The quantitative estimate of drug-likeness (QED) is 0.558. The highest BCUT2D eigenvalue weighted by atomic mass is 32.3. The first kappa shape index (κ1) is 9.47. The predicted molar refractivity (Wildman–Crippen MR) is 52.9 cm³/mol. The van der Waals surface area contributed by atoms with E-state index in [-0.39, 0.29) is 4.90 Å². The Kier molecular flexibility index (Phi) is 2.00. The largest absolute Gasteiger partial charge is 0.326 e. The summed E-state index contributed by atoms with van der Waals surface area (Å²) in [5.41, 5.74) is 6.48. The van der Waals surface area contributed by atoms with E-state index in [1.54, 1.807) is 18.2 Å². The van der Waals surface area contributed by atoms with Gasteiger partial charge in [-0.25, -0.2) is 4.72 Å². The van der Waals surface area contributed by atoms with Crippen LogP contribution < -0.4 is 10.5 Å². The highest BCUT2D eigenvalue weighted by Crippen LogP contribution is 2.50. The number of amides is 1. The van der Waals surface area contributed by atoms with Gasteiger partial charge < -0.3 is 5.73 Å². The second-order valence-corrected chi connectivity index (χ2v) is 4.76. The van der Waals surface area contributed by atoms with Crippen LogP contribution in [0.4, 0.5) is 0 Å². The van der Waals surface area contributed by atoms with E-state index in [1.807, 2.05) is 0 Å². The molecule has 1 aromatic carbocycles. The summed E-state index contributed by atoms with van der Waals surface area (Å²) in [4.78, 5) is 11.5. The molecule has 0 saturated carbocycles. The fourth-order valence-corrected chi connectivity index (χ4v) is 2.62.